The summed E-state index contributed by atoms with van der Waals surface area (Å²) in [7, 11) is 0. The van der Waals surface area contributed by atoms with Crippen molar-refractivity contribution >= 4 is 38.3 Å². The fourth-order valence-electron chi connectivity index (χ4n) is 1.50. The maximum absolute atomic E-state index is 12.0. The van der Waals surface area contributed by atoms with Gasteiger partial charge in [0.1, 0.15) is 5.01 Å². The van der Waals surface area contributed by atoms with Gasteiger partial charge in [-0.15, -0.1) is 10.2 Å². The van der Waals surface area contributed by atoms with E-state index in [0.717, 1.165) is 5.01 Å². The zero-order valence-corrected chi connectivity index (χ0v) is 13.0. The second-order valence-electron chi connectivity index (χ2n) is 5.19. The summed E-state index contributed by atoms with van der Waals surface area (Å²) in [6.45, 7) is 7.79. The molecule has 18 heavy (non-hydrogen) atoms. The lowest BCUT2D eigenvalue weighted by Crippen LogP contribution is -2.34. The minimum atomic E-state index is -0.965. The van der Waals surface area contributed by atoms with Gasteiger partial charge in [-0.1, -0.05) is 32.1 Å². The Kier molecular flexibility index (Phi) is 3.33. The van der Waals surface area contributed by atoms with E-state index in [1.165, 1.54) is 16.2 Å². The summed E-state index contributed by atoms with van der Waals surface area (Å²) >= 11 is 4.50. The Morgan fingerprint density at radius 3 is 2.39 bits per heavy atom. The predicted molar refractivity (Wildman–Crippen MR) is 73.7 cm³/mol. The van der Waals surface area contributed by atoms with E-state index in [0.29, 0.717) is 15.2 Å². The summed E-state index contributed by atoms with van der Waals surface area (Å²) in [4.78, 5) is 13.2. The van der Waals surface area contributed by atoms with Gasteiger partial charge in [0.2, 0.25) is 5.13 Å². The highest BCUT2D eigenvalue weighted by molar-refractivity contribution is 9.12. The molecule has 0 spiro atoms. The number of carbonyl (C=O) groups is 1. The predicted octanol–water partition coefficient (Wildman–Crippen LogP) is 2.17. The highest BCUT2D eigenvalue weighted by Crippen LogP contribution is 2.36. The van der Waals surface area contributed by atoms with E-state index in [-0.39, 0.29) is 11.3 Å². The lowest BCUT2D eigenvalue weighted by atomic mass is 9.98. The number of amides is 1. The van der Waals surface area contributed by atoms with Crippen LogP contribution in [0.4, 0.5) is 5.13 Å². The standard InChI is InChI=1S/C11H14BrN3O2S/c1-5-6(12)8(17)15(7(5)16)10-14-13-9(18-10)11(2,3)4/h7,16H,1-4H3. The molecule has 98 valence electrons. The van der Waals surface area contributed by atoms with Gasteiger partial charge in [0.05, 0.1) is 4.48 Å². The Bertz CT molecular complexity index is 533. The van der Waals surface area contributed by atoms with E-state index in [1.54, 1.807) is 6.92 Å². The zero-order valence-electron chi connectivity index (χ0n) is 10.6. The van der Waals surface area contributed by atoms with Gasteiger partial charge in [-0.25, -0.2) is 0 Å². The average Bonchev–Trinajstić information content (AvgIpc) is 2.81. The topological polar surface area (TPSA) is 66.3 Å². The summed E-state index contributed by atoms with van der Waals surface area (Å²) < 4.78 is 0.391. The smallest absolute Gasteiger partial charge is 0.269 e. The van der Waals surface area contributed by atoms with Gasteiger partial charge in [-0.05, 0) is 28.4 Å². The lowest BCUT2D eigenvalue weighted by Gasteiger charge is -2.18. The molecule has 1 amide bonds. The first-order chi connectivity index (χ1) is 8.23. The molecule has 1 aromatic rings. The van der Waals surface area contributed by atoms with Crippen LogP contribution in [0.5, 0.6) is 0 Å². The quantitative estimate of drug-likeness (QED) is 0.856. The molecular formula is C11H14BrN3O2S. The van der Waals surface area contributed by atoms with Crippen LogP contribution < -0.4 is 4.90 Å². The van der Waals surface area contributed by atoms with Crippen LogP contribution >= 0.6 is 27.3 Å². The zero-order chi connectivity index (χ0) is 13.7. The van der Waals surface area contributed by atoms with Crippen molar-refractivity contribution in [3.05, 3.63) is 15.1 Å². The normalized spacial score (nSPS) is 21.1. The average molecular weight is 332 g/mol. The summed E-state index contributed by atoms with van der Waals surface area (Å²) in [5, 5.41) is 19.4. The summed E-state index contributed by atoms with van der Waals surface area (Å²) in [6, 6.07) is 0. The largest absolute Gasteiger partial charge is 0.369 e. The SMILES string of the molecule is CC1=C(Br)C(=O)N(c2nnc(C(C)(C)C)s2)C1O. The van der Waals surface area contributed by atoms with E-state index in [9.17, 15) is 9.90 Å². The molecule has 0 fully saturated rings. The fourth-order valence-corrected chi connectivity index (χ4v) is 2.82. The van der Waals surface area contributed by atoms with Gasteiger partial charge in [0.15, 0.2) is 6.23 Å². The first kappa shape index (κ1) is 13.6. The first-order valence-electron chi connectivity index (χ1n) is 5.45. The molecule has 1 aromatic heterocycles. The molecule has 0 bridgehead atoms. The van der Waals surface area contributed by atoms with Gasteiger partial charge < -0.3 is 5.11 Å². The monoisotopic (exact) mass is 331 g/mol. The maximum Gasteiger partial charge on any atom is 0.269 e. The molecular weight excluding hydrogens is 318 g/mol. The van der Waals surface area contributed by atoms with Crippen molar-refractivity contribution in [2.45, 2.75) is 39.3 Å². The number of rotatable bonds is 1. The van der Waals surface area contributed by atoms with Crippen molar-refractivity contribution in [3.8, 4) is 0 Å². The lowest BCUT2D eigenvalue weighted by molar-refractivity contribution is -0.114. The summed E-state index contributed by atoms with van der Waals surface area (Å²) in [5.41, 5.74) is 0.469. The minimum absolute atomic E-state index is 0.122. The third-order valence-corrected chi connectivity index (χ3v) is 4.96. The Morgan fingerprint density at radius 2 is 2.00 bits per heavy atom. The van der Waals surface area contributed by atoms with Crippen LogP contribution in [-0.2, 0) is 10.2 Å². The third kappa shape index (κ3) is 2.10. The molecule has 0 saturated heterocycles. The van der Waals surface area contributed by atoms with Crippen LogP contribution in [0.15, 0.2) is 10.1 Å². The van der Waals surface area contributed by atoms with Gasteiger partial charge in [0.25, 0.3) is 5.91 Å². The summed E-state index contributed by atoms with van der Waals surface area (Å²) in [6.07, 6.45) is -0.965. The van der Waals surface area contributed by atoms with Crippen LogP contribution in [0.1, 0.15) is 32.7 Å². The van der Waals surface area contributed by atoms with Gasteiger partial charge in [-0.3, -0.25) is 9.69 Å². The molecule has 0 radical (unpaired) electrons. The molecule has 2 heterocycles. The number of carbonyl (C=O) groups excluding carboxylic acids is 1. The Labute approximate surface area is 118 Å². The van der Waals surface area contributed by atoms with Crippen LogP contribution in [0.3, 0.4) is 0 Å². The third-order valence-electron chi connectivity index (χ3n) is 2.65. The Morgan fingerprint density at radius 1 is 1.39 bits per heavy atom. The van der Waals surface area contributed by atoms with Crippen LogP contribution in [0.2, 0.25) is 0 Å². The van der Waals surface area contributed by atoms with E-state index < -0.39 is 6.23 Å². The van der Waals surface area contributed by atoms with Gasteiger partial charge >= 0.3 is 0 Å². The number of nitrogens with zero attached hydrogens (tertiary/aromatic N) is 3. The minimum Gasteiger partial charge on any atom is -0.369 e. The van der Waals surface area contributed by atoms with E-state index in [2.05, 4.69) is 26.1 Å². The van der Waals surface area contributed by atoms with E-state index in [1.807, 2.05) is 20.8 Å². The van der Waals surface area contributed by atoms with Crippen molar-refractivity contribution in [3.63, 3.8) is 0 Å². The number of hydrogen-bond acceptors (Lipinski definition) is 5. The number of halogens is 1. The van der Waals surface area contributed by atoms with E-state index in [4.69, 9.17) is 0 Å². The van der Waals surface area contributed by atoms with Crippen molar-refractivity contribution in [2.75, 3.05) is 4.90 Å². The molecule has 0 aromatic carbocycles. The second kappa shape index (κ2) is 4.40. The van der Waals surface area contributed by atoms with Crippen molar-refractivity contribution in [1.82, 2.24) is 10.2 Å². The van der Waals surface area contributed by atoms with Gasteiger partial charge in [-0.2, -0.15) is 0 Å². The Hall–Kier alpha value is -0.790. The molecule has 1 atom stereocenters. The molecule has 5 nitrogen and oxygen atoms in total. The number of anilines is 1. The molecule has 1 N–H and O–H groups in total. The fraction of sp³-hybridized carbons (Fsp3) is 0.545. The highest BCUT2D eigenvalue weighted by Gasteiger charge is 2.38. The molecule has 1 aliphatic rings. The van der Waals surface area contributed by atoms with Crippen molar-refractivity contribution in [2.24, 2.45) is 0 Å². The first-order valence-corrected chi connectivity index (χ1v) is 7.06. The molecule has 7 heteroatoms. The van der Waals surface area contributed by atoms with Crippen molar-refractivity contribution < 1.29 is 9.90 Å². The number of hydrogen-bond donors (Lipinski definition) is 1. The van der Waals surface area contributed by atoms with Gasteiger partial charge in [0, 0.05) is 5.41 Å². The summed E-state index contributed by atoms with van der Waals surface area (Å²) in [5.74, 6) is -0.281. The second-order valence-corrected chi connectivity index (χ2v) is 6.93. The Balaban J connectivity index is 2.35. The van der Waals surface area contributed by atoms with Crippen LogP contribution in [0.25, 0.3) is 0 Å². The molecule has 0 saturated carbocycles. The molecule has 2 rings (SSSR count). The number of aromatic nitrogens is 2. The van der Waals surface area contributed by atoms with Crippen LogP contribution in [-0.4, -0.2) is 27.4 Å². The van der Waals surface area contributed by atoms with Crippen molar-refractivity contribution in [1.29, 1.82) is 0 Å². The van der Waals surface area contributed by atoms with E-state index >= 15 is 0 Å². The maximum atomic E-state index is 12.0. The van der Waals surface area contributed by atoms with Crippen LogP contribution in [0, 0.1) is 0 Å². The molecule has 0 aliphatic carbocycles. The molecule has 1 unspecified atom stereocenters. The highest BCUT2D eigenvalue weighted by atomic mass is 79.9. The number of aliphatic hydroxyl groups is 1. The number of aliphatic hydroxyl groups excluding tert-OH is 1. The molecule has 1 aliphatic heterocycles.